The molecule has 1 aromatic rings. The molecule has 0 aliphatic carbocycles. The molecule has 1 aliphatic rings. The molecule has 15 heavy (non-hydrogen) atoms. The number of hydrogen-bond donors (Lipinski definition) is 1. The summed E-state index contributed by atoms with van der Waals surface area (Å²) in [5.74, 6) is 0. The van der Waals surface area contributed by atoms with Crippen molar-refractivity contribution in [1.29, 1.82) is 0 Å². The number of rotatable bonds is 4. The number of thiazole rings is 1. The molecule has 4 heteroatoms. The molecule has 2 N–H and O–H groups in total. The van der Waals surface area contributed by atoms with Crippen LogP contribution in [0.3, 0.4) is 0 Å². The zero-order valence-electron chi connectivity index (χ0n) is 8.95. The Morgan fingerprint density at radius 1 is 1.53 bits per heavy atom. The second kappa shape index (κ2) is 5.58. The molecule has 2 rings (SSSR count). The highest BCUT2D eigenvalue weighted by molar-refractivity contribution is 7.09. The topological polar surface area (TPSA) is 48.1 Å². The van der Waals surface area contributed by atoms with Gasteiger partial charge in [-0.2, -0.15) is 0 Å². The lowest BCUT2D eigenvalue weighted by molar-refractivity contribution is 0.0126. The first kappa shape index (κ1) is 11.0. The van der Waals surface area contributed by atoms with Gasteiger partial charge in [-0.15, -0.1) is 11.3 Å². The van der Waals surface area contributed by atoms with Crippen molar-refractivity contribution < 1.29 is 4.74 Å². The van der Waals surface area contributed by atoms with Crippen LogP contribution in [0.25, 0.3) is 0 Å². The molecule has 0 bridgehead atoms. The third-order valence-corrected chi connectivity index (χ3v) is 3.60. The quantitative estimate of drug-likeness (QED) is 0.856. The van der Waals surface area contributed by atoms with Gasteiger partial charge < -0.3 is 10.5 Å². The van der Waals surface area contributed by atoms with Crippen molar-refractivity contribution >= 4 is 11.3 Å². The SMILES string of the molecule is NCCCc1nc(C2CCCCO2)cs1. The molecule has 1 unspecified atom stereocenters. The second-order valence-corrected chi connectivity index (χ2v) is 4.86. The Hall–Kier alpha value is -0.450. The molecule has 1 aromatic heterocycles. The molecule has 0 radical (unpaired) electrons. The van der Waals surface area contributed by atoms with Crippen LogP contribution >= 0.6 is 11.3 Å². The lowest BCUT2D eigenvalue weighted by Crippen LogP contribution is -2.11. The van der Waals surface area contributed by atoms with Crippen molar-refractivity contribution in [2.75, 3.05) is 13.2 Å². The Balaban J connectivity index is 1.93. The molecule has 1 fully saturated rings. The summed E-state index contributed by atoms with van der Waals surface area (Å²) in [7, 11) is 0. The van der Waals surface area contributed by atoms with E-state index in [1.165, 1.54) is 17.8 Å². The first-order valence-corrected chi connectivity index (χ1v) is 6.54. The standard InChI is InChI=1S/C11H18N2OS/c12-6-3-5-11-13-9(8-15-11)10-4-1-2-7-14-10/h8,10H,1-7,12H2. The molecule has 1 atom stereocenters. The van der Waals surface area contributed by atoms with Crippen LogP contribution in [-0.2, 0) is 11.2 Å². The predicted octanol–water partition coefficient (Wildman–Crippen LogP) is 2.28. The molecule has 1 saturated heterocycles. The molecule has 0 spiro atoms. The average Bonchev–Trinajstić information content (AvgIpc) is 2.76. The third kappa shape index (κ3) is 3.00. The Kier molecular flexibility index (Phi) is 4.11. The summed E-state index contributed by atoms with van der Waals surface area (Å²) in [4.78, 5) is 4.61. The van der Waals surface area contributed by atoms with Gasteiger partial charge in [-0.3, -0.25) is 0 Å². The van der Waals surface area contributed by atoms with Gasteiger partial charge in [0.25, 0.3) is 0 Å². The van der Waals surface area contributed by atoms with Crippen molar-refractivity contribution in [3.05, 3.63) is 16.1 Å². The van der Waals surface area contributed by atoms with E-state index in [9.17, 15) is 0 Å². The maximum atomic E-state index is 5.70. The minimum absolute atomic E-state index is 0.252. The van der Waals surface area contributed by atoms with Gasteiger partial charge in [-0.25, -0.2) is 4.98 Å². The maximum Gasteiger partial charge on any atom is 0.100 e. The van der Waals surface area contributed by atoms with Gasteiger partial charge in [0.1, 0.15) is 6.10 Å². The van der Waals surface area contributed by atoms with Crippen LogP contribution in [0, 0.1) is 0 Å². The van der Waals surface area contributed by atoms with Crippen LogP contribution in [0.15, 0.2) is 5.38 Å². The molecule has 0 amide bonds. The second-order valence-electron chi connectivity index (χ2n) is 3.91. The fraction of sp³-hybridized carbons (Fsp3) is 0.727. The Morgan fingerprint density at radius 2 is 2.47 bits per heavy atom. The van der Waals surface area contributed by atoms with Crippen molar-refractivity contribution in [2.45, 2.75) is 38.2 Å². The monoisotopic (exact) mass is 226 g/mol. The molecular formula is C11H18N2OS. The van der Waals surface area contributed by atoms with Crippen molar-refractivity contribution in [1.82, 2.24) is 4.98 Å². The van der Waals surface area contributed by atoms with E-state index >= 15 is 0 Å². The first-order chi connectivity index (χ1) is 7.40. The van der Waals surface area contributed by atoms with Gasteiger partial charge in [-0.05, 0) is 32.2 Å². The summed E-state index contributed by atoms with van der Waals surface area (Å²) in [6, 6.07) is 0. The lowest BCUT2D eigenvalue weighted by Gasteiger charge is -2.20. The van der Waals surface area contributed by atoms with Gasteiger partial charge >= 0.3 is 0 Å². The fourth-order valence-electron chi connectivity index (χ4n) is 1.82. The number of aromatic nitrogens is 1. The molecule has 84 valence electrons. The minimum atomic E-state index is 0.252. The highest BCUT2D eigenvalue weighted by Gasteiger charge is 2.18. The van der Waals surface area contributed by atoms with E-state index in [1.54, 1.807) is 11.3 Å². The predicted molar refractivity (Wildman–Crippen MR) is 62.0 cm³/mol. The number of aryl methyl sites for hydroxylation is 1. The molecule has 0 saturated carbocycles. The van der Waals surface area contributed by atoms with Gasteiger partial charge in [0.15, 0.2) is 0 Å². The first-order valence-electron chi connectivity index (χ1n) is 5.66. The normalized spacial score (nSPS) is 21.8. The van der Waals surface area contributed by atoms with E-state index in [4.69, 9.17) is 10.5 Å². The van der Waals surface area contributed by atoms with E-state index in [0.29, 0.717) is 0 Å². The van der Waals surface area contributed by atoms with Crippen LogP contribution in [0.5, 0.6) is 0 Å². The minimum Gasteiger partial charge on any atom is -0.372 e. The van der Waals surface area contributed by atoms with E-state index in [-0.39, 0.29) is 6.10 Å². The Labute approximate surface area is 94.7 Å². The van der Waals surface area contributed by atoms with E-state index in [0.717, 1.165) is 38.1 Å². The van der Waals surface area contributed by atoms with Gasteiger partial charge in [0.2, 0.25) is 0 Å². The van der Waals surface area contributed by atoms with E-state index in [2.05, 4.69) is 10.4 Å². The van der Waals surface area contributed by atoms with Crippen LogP contribution in [0.2, 0.25) is 0 Å². The Bertz CT molecular complexity index is 295. The van der Waals surface area contributed by atoms with Gasteiger partial charge in [-0.1, -0.05) is 0 Å². The summed E-state index contributed by atoms with van der Waals surface area (Å²) >= 11 is 1.74. The zero-order chi connectivity index (χ0) is 10.5. The molecule has 0 aromatic carbocycles. The maximum absolute atomic E-state index is 5.70. The third-order valence-electron chi connectivity index (χ3n) is 2.67. The van der Waals surface area contributed by atoms with Crippen molar-refractivity contribution in [2.24, 2.45) is 5.73 Å². The van der Waals surface area contributed by atoms with Crippen LogP contribution in [0.4, 0.5) is 0 Å². The summed E-state index contributed by atoms with van der Waals surface area (Å²) in [5.41, 5.74) is 6.61. The Morgan fingerprint density at radius 3 is 3.20 bits per heavy atom. The highest BCUT2D eigenvalue weighted by atomic mass is 32.1. The smallest absolute Gasteiger partial charge is 0.100 e. The summed E-state index contributed by atoms with van der Waals surface area (Å²) in [6.07, 6.45) is 5.87. The summed E-state index contributed by atoms with van der Waals surface area (Å²) in [6.45, 7) is 1.63. The van der Waals surface area contributed by atoms with E-state index in [1.807, 2.05) is 0 Å². The van der Waals surface area contributed by atoms with Gasteiger partial charge in [0.05, 0.1) is 10.7 Å². The van der Waals surface area contributed by atoms with Crippen LogP contribution in [0.1, 0.15) is 42.5 Å². The highest BCUT2D eigenvalue weighted by Crippen LogP contribution is 2.28. The number of nitrogens with two attached hydrogens (primary N) is 1. The summed E-state index contributed by atoms with van der Waals surface area (Å²) < 4.78 is 5.70. The number of hydrogen-bond acceptors (Lipinski definition) is 4. The van der Waals surface area contributed by atoms with E-state index < -0.39 is 0 Å². The fourth-order valence-corrected chi connectivity index (χ4v) is 2.70. The molecule has 3 nitrogen and oxygen atoms in total. The summed E-state index contributed by atoms with van der Waals surface area (Å²) in [5, 5.41) is 3.34. The molecular weight excluding hydrogens is 208 g/mol. The number of nitrogens with zero attached hydrogens (tertiary/aromatic N) is 1. The largest absolute Gasteiger partial charge is 0.372 e. The molecule has 1 aliphatic heterocycles. The van der Waals surface area contributed by atoms with Crippen molar-refractivity contribution in [3.63, 3.8) is 0 Å². The van der Waals surface area contributed by atoms with Crippen LogP contribution < -0.4 is 5.73 Å². The molecule has 2 heterocycles. The lowest BCUT2D eigenvalue weighted by atomic mass is 10.1. The number of ether oxygens (including phenoxy) is 1. The van der Waals surface area contributed by atoms with Crippen LogP contribution in [-0.4, -0.2) is 18.1 Å². The van der Waals surface area contributed by atoms with Gasteiger partial charge in [0, 0.05) is 18.4 Å². The zero-order valence-corrected chi connectivity index (χ0v) is 9.76. The van der Waals surface area contributed by atoms with Crippen molar-refractivity contribution in [3.8, 4) is 0 Å². The average molecular weight is 226 g/mol.